The fourth-order valence-electron chi connectivity index (χ4n) is 2.95. The molecule has 0 unspecified atom stereocenters. The van der Waals surface area contributed by atoms with Crippen LogP contribution in [0.3, 0.4) is 0 Å². The number of nitrogens with one attached hydrogen (secondary N) is 1. The van der Waals surface area contributed by atoms with Crippen LogP contribution in [0.2, 0.25) is 0 Å². The van der Waals surface area contributed by atoms with Gasteiger partial charge in [-0.3, -0.25) is 4.98 Å². The second-order valence-corrected chi connectivity index (χ2v) is 6.36. The highest BCUT2D eigenvalue weighted by Crippen LogP contribution is 2.19. The smallest absolute Gasteiger partial charge is 0.0707 e. The van der Waals surface area contributed by atoms with Crippen LogP contribution in [0.25, 0.3) is 23.1 Å². The molecule has 0 fully saturated rings. The van der Waals surface area contributed by atoms with Gasteiger partial charge in [0.15, 0.2) is 0 Å². The summed E-state index contributed by atoms with van der Waals surface area (Å²) in [6.07, 6.45) is 11.4. The number of benzene rings is 2. The number of hydrogen-bond donors (Lipinski definition) is 1. The number of unbranched alkanes of at least 4 members (excludes halogenated alkanes) is 3. The molecule has 0 saturated heterocycles. The maximum Gasteiger partial charge on any atom is 0.0707 e. The summed E-state index contributed by atoms with van der Waals surface area (Å²) < 4.78 is 0. The lowest BCUT2D eigenvalue weighted by atomic mass is 10.1. The van der Waals surface area contributed by atoms with E-state index in [0.717, 1.165) is 12.1 Å². The summed E-state index contributed by atoms with van der Waals surface area (Å²) in [5.74, 6) is 0. The average Bonchev–Trinajstić information content (AvgIpc) is 2.67. The molecule has 0 aliphatic rings. The molecule has 1 aromatic heterocycles. The molecule has 0 bridgehead atoms. The highest BCUT2D eigenvalue weighted by molar-refractivity contribution is 5.90. The Morgan fingerprint density at radius 3 is 2.56 bits per heavy atom. The van der Waals surface area contributed by atoms with Gasteiger partial charge in [0.25, 0.3) is 0 Å². The number of rotatable bonds is 8. The molecule has 0 saturated carbocycles. The Kier molecular flexibility index (Phi) is 6.22. The third kappa shape index (κ3) is 4.93. The molecule has 0 radical (unpaired) electrons. The predicted molar refractivity (Wildman–Crippen MR) is 110 cm³/mol. The molecular weight excluding hydrogens is 304 g/mol. The largest absolute Gasteiger partial charge is 0.385 e. The summed E-state index contributed by atoms with van der Waals surface area (Å²) in [6, 6.07) is 18.9. The van der Waals surface area contributed by atoms with Crippen molar-refractivity contribution < 1.29 is 0 Å². The van der Waals surface area contributed by atoms with Gasteiger partial charge in [-0.15, -0.1) is 0 Å². The second kappa shape index (κ2) is 9.03. The molecule has 0 aliphatic carbocycles. The van der Waals surface area contributed by atoms with Gasteiger partial charge in [0.1, 0.15) is 0 Å². The molecule has 2 heteroatoms. The second-order valence-electron chi connectivity index (χ2n) is 6.36. The molecule has 1 N–H and O–H groups in total. The number of aromatic nitrogens is 1. The first-order valence-corrected chi connectivity index (χ1v) is 9.22. The van der Waals surface area contributed by atoms with Crippen LogP contribution in [0.15, 0.2) is 60.8 Å². The minimum Gasteiger partial charge on any atom is -0.385 e. The molecule has 3 aromatic rings. The van der Waals surface area contributed by atoms with Crippen LogP contribution < -0.4 is 5.32 Å². The summed E-state index contributed by atoms with van der Waals surface area (Å²) in [5, 5.41) is 4.68. The Morgan fingerprint density at radius 2 is 1.72 bits per heavy atom. The van der Waals surface area contributed by atoms with Crippen LogP contribution in [-0.2, 0) is 0 Å². The van der Waals surface area contributed by atoms with E-state index in [4.69, 9.17) is 0 Å². The first-order chi connectivity index (χ1) is 12.4. The standard InChI is InChI=1S/C23H26N2/c1-2-3-4-7-17-24-21-14-11-19(12-15-21)10-13-20-16-18-25-23-9-6-5-8-22(20)23/h5-6,8-16,18,24H,2-4,7,17H2,1H3/b13-10+. The highest BCUT2D eigenvalue weighted by Gasteiger charge is 1.98. The predicted octanol–water partition coefficient (Wildman–Crippen LogP) is 6.40. The lowest BCUT2D eigenvalue weighted by Gasteiger charge is -2.06. The van der Waals surface area contributed by atoms with Gasteiger partial charge < -0.3 is 5.32 Å². The number of anilines is 1. The summed E-state index contributed by atoms with van der Waals surface area (Å²) in [7, 11) is 0. The summed E-state index contributed by atoms with van der Waals surface area (Å²) in [4.78, 5) is 4.41. The molecule has 1 heterocycles. The molecule has 3 rings (SSSR count). The Morgan fingerprint density at radius 1 is 0.880 bits per heavy atom. The maximum atomic E-state index is 4.41. The number of pyridine rings is 1. The molecule has 0 amide bonds. The zero-order valence-electron chi connectivity index (χ0n) is 14.9. The first kappa shape index (κ1) is 17.2. The van der Waals surface area contributed by atoms with Crippen molar-refractivity contribution in [1.29, 1.82) is 0 Å². The van der Waals surface area contributed by atoms with Crippen LogP contribution in [-0.4, -0.2) is 11.5 Å². The van der Waals surface area contributed by atoms with E-state index in [1.54, 1.807) is 0 Å². The van der Waals surface area contributed by atoms with Gasteiger partial charge in [-0.25, -0.2) is 0 Å². The van der Waals surface area contributed by atoms with Gasteiger partial charge in [0.2, 0.25) is 0 Å². The molecule has 2 aromatic carbocycles. The van der Waals surface area contributed by atoms with E-state index in [-0.39, 0.29) is 0 Å². The number of para-hydroxylation sites is 1. The van der Waals surface area contributed by atoms with Crippen LogP contribution in [0.5, 0.6) is 0 Å². The molecule has 0 aliphatic heterocycles. The minimum absolute atomic E-state index is 1.03. The molecule has 2 nitrogen and oxygen atoms in total. The van der Waals surface area contributed by atoms with E-state index in [9.17, 15) is 0 Å². The van der Waals surface area contributed by atoms with Crippen molar-refractivity contribution in [3.8, 4) is 0 Å². The summed E-state index contributed by atoms with van der Waals surface area (Å²) >= 11 is 0. The van der Waals surface area contributed by atoms with Gasteiger partial charge in [-0.1, -0.05) is 68.7 Å². The van der Waals surface area contributed by atoms with E-state index in [1.807, 2.05) is 18.3 Å². The van der Waals surface area contributed by atoms with Crippen molar-refractivity contribution in [1.82, 2.24) is 4.98 Å². The fourth-order valence-corrected chi connectivity index (χ4v) is 2.95. The van der Waals surface area contributed by atoms with E-state index >= 15 is 0 Å². The quantitative estimate of drug-likeness (QED) is 0.483. The maximum absolute atomic E-state index is 4.41. The normalized spacial score (nSPS) is 11.2. The third-order valence-corrected chi connectivity index (χ3v) is 4.41. The Balaban J connectivity index is 1.62. The average molecular weight is 330 g/mol. The summed E-state index contributed by atoms with van der Waals surface area (Å²) in [6.45, 7) is 3.30. The number of nitrogens with zero attached hydrogens (tertiary/aromatic N) is 1. The van der Waals surface area contributed by atoms with E-state index < -0.39 is 0 Å². The van der Waals surface area contributed by atoms with Crippen molar-refractivity contribution in [3.63, 3.8) is 0 Å². The van der Waals surface area contributed by atoms with Crippen molar-refractivity contribution in [2.24, 2.45) is 0 Å². The molecular formula is C23H26N2. The van der Waals surface area contributed by atoms with Crippen LogP contribution >= 0.6 is 0 Å². The SMILES string of the molecule is CCCCCCNc1ccc(/C=C/c2ccnc3ccccc23)cc1. The van der Waals surface area contributed by atoms with Gasteiger partial charge in [-0.2, -0.15) is 0 Å². The van der Waals surface area contributed by atoms with Gasteiger partial charge in [0.05, 0.1) is 5.52 Å². The van der Waals surface area contributed by atoms with Crippen LogP contribution in [0.1, 0.15) is 43.7 Å². The zero-order chi connectivity index (χ0) is 17.3. The monoisotopic (exact) mass is 330 g/mol. The zero-order valence-corrected chi connectivity index (χ0v) is 14.9. The Labute approximate surface area is 150 Å². The molecule has 0 atom stereocenters. The molecule has 0 spiro atoms. The third-order valence-electron chi connectivity index (χ3n) is 4.41. The molecule has 25 heavy (non-hydrogen) atoms. The number of hydrogen-bond acceptors (Lipinski definition) is 2. The van der Waals surface area contributed by atoms with Crippen molar-refractivity contribution in [2.75, 3.05) is 11.9 Å². The van der Waals surface area contributed by atoms with Gasteiger partial charge >= 0.3 is 0 Å². The van der Waals surface area contributed by atoms with Crippen LogP contribution in [0.4, 0.5) is 5.69 Å². The van der Waals surface area contributed by atoms with E-state index in [0.29, 0.717) is 0 Å². The lowest BCUT2D eigenvalue weighted by molar-refractivity contribution is 0.685. The van der Waals surface area contributed by atoms with Crippen molar-refractivity contribution in [3.05, 3.63) is 71.9 Å². The number of fused-ring (bicyclic) bond motifs is 1. The lowest BCUT2D eigenvalue weighted by Crippen LogP contribution is -2.00. The Hall–Kier alpha value is -2.61. The Bertz CT molecular complexity index is 814. The first-order valence-electron chi connectivity index (χ1n) is 9.22. The highest BCUT2D eigenvalue weighted by atomic mass is 14.9. The van der Waals surface area contributed by atoms with E-state index in [2.05, 4.69) is 71.8 Å². The van der Waals surface area contributed by atoms with Crippen molar-refractivity contribution in [2.45, 2.75) is 32.6 Å². The minimum atomic E-state index is 1.03. The van der Waals surface area contributed by atoms with Gasteiger partial charge in [0, 0.05) is 23.8 Å². The molecule has 128 valence electrons. The van der Waals surface area contributed by atoms with Gasteiger partial charge in [-0.05, 0) is 41.8 Å². The summed E-state index contributed by atoms with van der Waals surface area (Å²) in [5.41, 5.74) is 4.64. The van der Waals surface area contributed by atoms with Crippen LogP contribution in [0, 0.1) is 0 Å². The fraction of sp³-hybridized carbons (Fsp3) is 0.261. The topological polar surface area (TPSA) is 24.9 Å². The van der Waals surface area contributed by atoms with Crippen molar-refractivity contribution >= 4 is 28.7 Å². The van der Waals surface area contributed by atoms with E-state index in [1.165, 1.54) is 47.9 Å².